The molecule has 2 unspecified atom stereocenters. The Morgan fingerprint density at radius 3 is 3.00 bits per heavy atom. The van der Waals surface area contributed by atoms with Crippen molar-refractivity contribution in [2.45, 2.75) is 26.3 Å². The molecule has 2 heterocycles. The number of pyridine rings is 1. The first kappa shape index (κ1) is 12.8. The van der Waals surface area contributed by atoms with Gasteiger partial charge in [0.2, 0.25) is 0 Å². The smallest absolute Gasteiger partial charge is 0.256 e. The van der Waals surface area contributed by atoms with Crippen molar-refractivity contribution in [3.63, 3.8) is 0 Å². The topological polar surface area (TPSA) is 71.2 Å². The van der Waals surface area contributed by atoms with Gasteiger partial charge in [-0.25, -0.2) is 0 Å². The molecule has 98 valence electrons. The largest absolute Gasteiger partial charge is 0.381 e. The van der Waals surface area contributed by atoms with Gasteiger partial charge in [-0.05, 0) is 20.3 Å². The summed E-state index contributed by atoms with van der Waals surface area (Å²) in [6.07, 6.45) is 2.41. The Hall–Kier alpha value is -1.62. The molecule has 1 amide bonds. The Labute approximate surface area is 106 Å². The fraction of sp³-hybridized carbons (Fsp3) is 0.538. The minimum atomic E-state index is -0.323. The highest BCUT2D eigenvalue weighted by Gasteiger charge is 2.24. The fourth-order valence-electron chi connectivity index (χ4n) is 2.10. The van der Waals surface area contributed by atoms with E-state index in [1.54, 1.807) is 6.92 Å². The Bertz CT molecular complexity index is 489. The van der Waals surface area contributed by atoms with Crippen LogP contribution in [0.2, 0.25) is 0 Å². The van der Waals surface area contributed by atoms with Gasteiger partial charge in [0, 0.05) is 36.5 Å². The lowest BCUT2D eigenvalue weighted by Crippen LogP contribution is -2.40. The molecule has 1 aromatic rings. The zero-order chi connectivity index (χ0) is 13.1. The molecule has 5 heteroatoms. The molecule has 0 spiro atoms. The molecular formula is C13H18N2O3. The van der Waals surface area contributed by atoms with Gasteiger partial charge >= 0.3 is 0 Å². The van der Waals surface area contributed by atoms with Crippen LogP contribution in [-0.2, 0) is 4.74 Å². The van der Waals surface area contributed by atoms with E-state index in [1.807, 2.05) is 6.92 Å². The zero-order valence-electron chi connectivity index (χ0n) is 10.7. The first-order valence-corrected chi connectivity index (χ1v) is 6.16. The quantitative estimate of drug-likeness (QED) is 0.835. The van der Waals surface area contributed by atoms with Gasteiger partial charge in [-0.2, -0.15) is 0 Å². The van der Waals surface area contributed by atoms with E-state index in [4.69, 9.17) is 4.74 Å². The van der Waals surface area contributed by atoms with Crippen LogP contribution >= 0.6 is 0 Å². The number of hydrogen-bond donors (Lipinski definition) is 2. The Morgan fingerprint density at radius 2 is 2.39 bits per heavy atom. The Balaban J connectivity index is 2.05. The molecule has 2 N–H and O–H groups in total. The van der Waals surface area contributed by atoms with E-state index in [-0.39, 0.29) is 22.9 Å². The van der Waals surface area contributed by atoms with Crippen LogP contribution in [0.4, 0.5) is 0 Å². The SMILES string of the molecule is Cc1cc(=O)c(C(=O)NC(C)C2CCOC2)c[nH]1. The summed E-state index contributed by atoms with van der Waals surface area (Å²) in [5.74, 6) is 0.00845. The lowest BCUT2D eigenvalue weighted by atomic mass is 10.0. The molecule has 2 atom stereocenters. The second-order valence-electron chi connectivity index (χ2n) is 4.78. The molecule has 0 aliphatic carbocycles. The lowest BCUT2D eigenvalue weighted by Gasteiger charge is -2.18. The summed E-state index contributed by atoms with van der Waals surface area (Å²) >= 11 is 0. The highest BCUT2D eigenvalue weighted by molar-refractivity contribution is 5.93. The number of H-pyrrole nitrogens is 1. The Kier molecular flexibility index (Phi) is 3.81. The van der Waals surface area contributed by atoms with Crippen LogP contribution in [-0.4, -0.2) is 30.1 Å². The molecule has 2 rings (SSSR count). The van der Waals surface area contributed by atoms with E-state index in [2.05, 4.69) is 10.3 Å². The molecule has 0 aromatic carbocycles. The van der Waals surface area contributed by atoms with E-state index >= 15 is 0 Å². The summed E-state index contributed by atoms with van der Waals surface area (Å²) in [6.45, 7) is 5.14. The standard InChI is InChI=1S/C13H18N2O3/c1-8-5-12(16)11(6-14-8)13(17)15-9(2)10-3-4-18-7-10/h5-6,9-10H,3-4,7H2,1-2H3,(H,14,16)(H,15,17). The van der Waals surface area contributed by atoms with Gasteiger partial charge in [0.05, 0.1) is 6.61 Å². The van der Waals surface area contributed by atoms with Crippen molar-refractivity contribution < 1.29 is 9.53 Å². The van der Waals surface area contributed by atoms with E-state index in [0.29, 0.717) is 12.5 Å². The van der Waals surface area contributed by atoms with Crippen LogP contribution in [0.5, 0.6) is 0 Å². The minimum absolute atomic E-state index is 0.0145. The second-order valence-corrected chi connectivity index (χ2v) is 4.78. The van der Waals surface area contributed by atoms with Crippen molar-refractivity contribution in [3.8, 4) is 0 Å². The van der Waals surface area contributed by atoms with Crippen LogP contribution < -0.4 is 10.7 Å². The van der Waals surface area contributed by atoms with Crippen LogP contribution in [0.25, 0.3) is 0 Å². The third kappa shape index (κ3) is 2.79. The molecule has 18 heavy (non-hydrogen) atoms. The third-order valence-corrected chi connectivity index (χ3v) is 3.33. The van der Waals surface area contributed by atoms with Crippen LogP contribution in [0.3, 0.4) is 0 Å². The van der Waals surface area contributed by atoms with Crippen molar-refractivity contribution >= 4 is 5.91 Å². The van der Waals surface area contributed by atoms with Gasteiger partial charge < -0.3 is 15.0 Å². The van der Waals surface area contributed by atoms with Crippen LogP contribution in [0, 0.1) is 12.8 Å². The number of rotatable bonds is 3. The van der Waals surface area contributed by atoms with E-state index in [1.165, 1.54) is 12.3 Å². The predicted octanol–water partition coefficient (Wildman–Crippen LogP) is 0.838. The van der Waals surface area contributed by atoms with Gasteiger partial charge in [0.15, 0.2) is 5.43 Å². The zero-order valence-corrected chi connectivity index (χ0v) is 10.7. The number of nitrogens with one attached hydrogen (secondary N) is 2. The van der Waals surface area contributed by atoms with Gasteiger partial charge in [-0.15, -0.1) is 0 Å². The molecular weight excluding hydrogens is 232 g/mol. The molecule has 0 saturated carbocycles. The van der Waals surface area contributed by atoms with Gasteiger partial charge in [-0.1, -0.05) is 0 Å². The highest BCUT2D eigenvalue weighted by Crippen LogP contribution is 2.16. The summed E-state index contributed by atoms with van der Waals surface area (Å²) in [4.78, 5) is 26.5. The molecule has 1 saturated heterocycles. The number of aromatic nitrogens is 1. The maximum absolute atomic E-state index is 12.0. The molecule has 1 fully saturated rings. The summed E-state index contributed by atoms with van der Waals surface area (Å²) in [5.41, 5.74) is 0.652. The number of hydrogen-bond acceptors (Lipinski definition) is 3. The van der Waals surface area contributed by atoms with Crippen LogP contribution in [0.1, 0.15) is 29.4 Å². The highest BCUT2D eigenvalue weighted by atomic mass is 16.5. The van der Waals surface area contributed by atoms with Crippen molar-refractivity contribution in [2.24, 2.45) is 5.92 Å². The van der Waals surface area contributed by atoms with E-state index < -0.39 is 0 Å². The average Bonchev–Trinajstić information content (AvgIpc) is 2.81. The number of ether oxygens (including phenoxy) is 1. The number of carbonyl (C=O) groups is 1. The summed E-state index contributed by atoms with van der Waals surface area (Å²) in [5, 5.41) is 2.86. The third-order valence-electron chi connectivity index (χ3n) is 3.33. The monoisotopic (exact) mass is 250 g/mol. The normalized spacial score (nSPS) is 20.7. The van der Waals surface area contributed by atoms with Gasteiger partial charge in [0.25, 0.3) is 5.91 Å². The van der Waals surface area contributed by atoms with Crippen molar-refractivity contribution in [2.75, 3.05) is 13.2 Å². The molecule has 0 bridgehead atoms. The number of amides is 1. The molecule has 5 nitrogen and oxygen atoms in total. The minimum Gasteiger partial charge on any atom is -0.381 e. The maximum atomic E-state index is 12.0. The van der Waals surface area contributed by atoms with Gasteiger partial charge in [-0.3, -0.25) is 9.59 Å². The van der Waals surface area contributed by atoms with E-state index in [9.17, 15) is 9.59 Å². The summed E-state index contributed by atoms with van der Waals surface area (Å²) in [7, 11) is 0. The lowest BCUT2D eigenvalue weighted by molar-refractivity contribution is 0.0920. The van der Waals surface area contributed by atoms with Gasteiger partial charge in [0.1, 0.15) is 5.56 Å². The van der Waals surface area contributed by atoms with Crippen molar-refractivity contribution in [1.29, 1.82) is 0 Å². The van der Waals surface area contributed by atoms with Crippen molar-refractivity contribution in [1.82, 2.24) is 10.3 Å². The maximum Gasteiger partial charge on any atom is 0.256 e. The number of carbonyl (C=O) groups excluding carboxylic acids is 1. The van der Waals surface area contributed by atoms with Crippen molar-refractivity contribution in [3.05, 3.63) is 33.7 Å². The number of aryl methyl sites for hydroxylation is 1. The first-order valence-electron chi connectivity index (χ1n) is 6.16. The average molecular weight is 250 g/mol. The number of aromatic amines is 1. The second kappa shape index (κ2) is 5.35. The van der Waals surface area contributed by atoms with E-state index in [0.717, 1.165) is 18.7 Å². The Morgan fingerprint density at radius 1 is 1.61 bits per heavy atom. The summed E-state index contributed by atoms with van der Waals surface area (Å²) < 4.78 is 5.29. The molecule has 0 radical (unpaired) electrons. The predicted molar refractivity (Wildman–Crippen MR) is 67.7 cm³/mol. The van der Waals surface area contributed by atoms with Crippen LogP contribution in [0.15, 0.2) is 17.1 Å². The summed E-state index contributed by atoms with van der Waals surface area (Å²) in [6, 6.07) is 1.44. The molecule has 1 aliphatic rings. The first-order chi connectivity index (χ1) is 8.58. The fourth-order valence-corrected chi connectivity index (χ4v) is 2.10. The molecule has 1 aromatic heterocycles. The molecule has 1 aliphatic heterocycles.